The van der Waals surface area contributed by atoms with Gasteiger partial charge < -0.3 is 25.4 Å². The highest BCUT2D eigenvalue weighted by Gasteiger charge is 2.49. The van der Waals surface area contributed by atoms with E-state index in [0.717, 1.165) is 61.2 Å². The number of imide groups is 2. The molecule has 15 nitrogen and oxygen atoms in total. The van der Waals surface area contributed by atoms with E-state index in [1.54, 1.807) is 37.2 Å². The molecule has 4 aromatic rings. The van der Waals surface area contributed by atoms with E-state index in [1.165, 1.54) is 5.69 Å². The number of hydrogen-bond donors (Lipinski definition) is 4. The van der Waals surface area contributed by atoms with Crippen molar-refractivity contribution in [2.24, 2.45) is 0 Å². The Labute approximate surface area is 360 Å². The van der Waals surface area contributed by atoms with Crippen LogP contribution in [-0.2, 0) is 39.6 Å². The molecule has 1 spiro atoms. The molecule has 62 heavy (non-hydrogen) atoms. The minimum Gasteiger partial charge on any atom is -0.384 e. The standard InChI is InChI=1S/C47H52N8O7/c1-52(2)44(60)32-15-11-31(12-16-32)29-53-26-27-54-36(19-21-38(54)47(53)23-7-24-47)42(58)49-28-30-13-17-33(18-14-30)50-39(56)10-4-3-5-25-48-35-9-6-8-34-41(35)46(62)55(45(34)61)37-20-22-40(57)51-43(37)59/h6,8-9,11-19,21,37,48H,3-5,7,10,20,22-29H2,1-2H3,(H,49,58)(H,50,56)(H,51,57,59). The van der Waals surface area contributed by atoms with Gasteiger partial charge in [-0.25, -0.2) is 0 Å². The molecule has 8 rings (SSSR count). The summed E-state index contributed by atoms with van der Waals surface area (Å²) < 4.78 is 2.18. The second-order valence-corrected chi connectivity index (χ2v) is 16.8. The number of amides is 7. The molecule has 1 atom stereocenters. The minimum absolute atomic E-state index is 0.0114. The fourth-order valence-electron chi connectivity index (χ4n) is 9.13. The van der Waals surface area contributed by atoms with E-state index < -0.39 is 29.7 Å². The van der Waals surface area contributed by atoms with Gasteiger partial charge in [0.15, 0.2) is 0 Å². The number of benzene rings is 3. The number of carbonyl (C=O) groups is 7. The summed E-state index contributed by atoms with van der Waals surface area (Å²) in [6.07, 6.45) is 5.83. The summed E-state index contributed by atoms with van der Waals surface area (Å²) in [4.78, 5) is 94.1. The molecule has 1 aliphatic carbocycles. The summed E-state index contributed by atoms with van der Waals surface area (Å²) in [6, 6.07) is 23.3. The second-order valence-electron chi connectivity index (χ2n) is 16.8. The molecule has 4 heterocycles. The monoisotopic (exact) mass is 840 g/mol. The first-order valence-electron chi connectivity index (χ1n) is 21.4. The van der Waals surface area contributed by atoms with Crippen molar-refractivity contribution in [3.63, 3.8) is 0 Å². The van der Waals surface area contributed by atoms with Crippen LogP contribution < -0.4 is 21.3 Å². The van der Waals surface area contributed by atoms with Gasteiger partial charge in [-0.2, -0.15) is 0 Å². The smallest absolute Gasteiger partial charge is 0.268 e. The summed E-state index contributed by atoms with van der Waals surface area (Å²) in [7, 11) is 3.51. The molecule has 15 heteroatoms. The molecular weight excluding hydrogens is 789 g/mol. The molecule has 1 saturated heterocycles. The Morgan fingerprint density at radius 1 is 0.839 bits per heavy atom. The van der Waals surface area contributed by atoms with Crippen molar-refractivity contribution in [3.8, 4) is 0 Å². The van der Waals surface area contributed by atoms with Crippen molar-refractivity contribution in [2.45, 2.75) is 89.0 Å². The lowest BCUT2D eigenvalue weighted by Crippen LogP contribution is -2.56. The molecule has 1 aromatic heterocycles. The molecule has 7 amide bonds. The van der Waals surface area contributed by atoms with Gasteiger partial charge in [-0.15, -0.1) is 0 Å². The lowest BCUT2D eigenvalue weighted by Gasteiger charge is -2.53. The lowest BCUT2D eigenvalue weighted by atomic mass is 9.71. The predicted octanol–water partition coefficient (Wildman–Crippen LogP) is 5.03. The third-order valence-corrected chi connectivity index (χ3v) is 12.6. The van der Waals surface area contributed by atoms with Crippen LogP contribution in [0.15, 0.2) is 78.9 Å². The molecule has 3 aromatic carbocycles. The van der Waals surface area contributed by atoms with Crippen LogP contribution in [0.25, 0.3) is 0 Å². The van der Waals surface area contributed by atoms with Crippen molar-refractivity contribution in [3.05, 3.63) is 118 Å². The maximum Gasteiger partial charge on any atom is 0.268 e. The number of nitrogens with one attached hydrogen (secondary N) is 4. The zero-order valence-corrected chi connectivity index (χ0v) is 35.1. The largest absolute Gasteiger partial charge is 0.384 e. The number of piperidine rings is 1. The number of fused-ring (bicyclic) bond motifs is 3. The quantitative estimate of drug-likeness (QED) is 0.0944. The fourth-order valence-corrected chi connectivity index (χ4v) is 9.13. The van der Waals surface area contributed by atoms with Crippen molar-refractivity contribution >= 4 is 52.7 Å². The van der Waals surface area contributed by atoms with E-state index in [9.17, 15) is 33.6 Å². The van der Waals surface area contributed by atoms with Gasteiger partial charge in [0.25, 0.3) is 23.6 Å². The van der Waals surface area contributed by atoms with Crippen molar-refractivity contribution < 1.29 is 33.6 Å². The van der Waals surface area contributed by atoms with Crippen LogP contribution in [0.3, 0.4) is 0 Å². The number of carbonyl (C=O) groups excluding carboxylic acids is 7. The van der Waals surface area contributed by atoms with Crippen molar-refractivity contribution in [1.82, 2.24) is 29.9 Å². The maximum absolute atomic E-state index is 13.5. The lowest BCUT2D eigenvalue weighted by molar-refractivity contribution is -0.136. The average molecular weight is 841 g/mol. The summed E-state index contributed by atoms with van der Waals surface area (Å²) in [5, 5.41) is 11.5. The number of hydrogen-bond acceptors (Lipinski definition) is 9. The Kier molecular flexibility index (Phi) is 12.1. The number of rotatable bonds is 15. The minimum atomic E-state index is -1.02. The Morgan fingerprint density at radius 3 is 2.31 bits per heavy atom. The van der Waals surface area contributed by atoms with Gasteiger partial charge in [0, 0.05) is 82.3 Å². The summed E-state index contributed by atoms with van der Waals surface area (Å²) in [6.45, 7) is 3.18. The molecule has 4 aliphatic rings. The zero-order valence-electron chi connectivity index (χ0n) is 35.1. The van der Waals surface area contributed by atoms with Crippen LogP contribution in [-0.4, -0.2) is 93.8 Å². The van der Waals surface area contributed by atoms with Crippen LogP contribution in [0.4, 0.5) is 11.4 Å². The Hall–Kier alpha value is -6.61. The van der Waals surface area contributed by atoms with Gasteiger partial charge in [0.2, 0.25) is 17.7 Å². The molecule has 0 bridgehead atoms. The molecule has 322 valence electrons. The average Bonchev–Trinajstić information content (AvgIpc) is 3.79. The van der Waals surface area contributed by atoms with Gasteiger partial charge in [-0.3, -0.25) is 48.7 Å². The molecule has 4 N–H and O–H groups in total. The van der Waals surface area contributed by atoms with Gasteiger partial charge in [-0.05, 0) is 98.2 Å². The number of aromatic nitrogens is 1. The van der Waals surface area contributed by atoms with Crippen LogP contribution in [0, 0.1) is 0 Å². The van der Waals surface area contributed by atoms with E-state index in [1.807, 2.05) is 54.6 Å². The molecule has 1 unspecified atom stereocenters. The van der Waals surface area contributed by atoms with Crippen LogP contribution in [0.1, 0.15) is 116 Å². The van der Waals surface area contributed by atoms with E-state index >= 15 is 0 Å². The van der Waals surface area contributed by atoms with Gasteiger partial charge >= 0.3 is 0 Å². The first kappa shape index (κ1) is 42.1. The zero-order chi connectivity index (χ0) is 43.5. The normalized spacial score (nSPS) is 17.8. The Bertz CT molecular complexity index is 2420. The number of nitrogens with zero attached hydrogens (tertiary/aromatic N) is 4. The third kappa shape index (κ3) is 8.36. The van der Waals surface area contributed by atoms with E-state index in [0.29, 0.717) is 55.1 Å². The highest BCUT2D eigenvalue weighted by Crippen LogP contribution is 2.49. The van der Waals surface area contributed by atoms with Gasteiger partial charge in [-0.1, -0.05) is 36.8 Å². The molecule has 0 radical (unpaired) electrons. The van der Waals surface area contributed by atoms with Crippen LogP contribution in [0.2, 0.25) is 0 Å². The van der Waals surface area contributed by atoms with E-state index in [2.05, 4.69) is 36.8 Å². The van der Waals surface area contributed by atoms with E-state index in [4.69, 9.17) is 0 Å². The fraction of sp³-hybridized carbons (Fsp3) is 0.383. The molecule has 2 fully saturated rings. The number of unbranched alkanes of at least 4 members (excludes halogenated alkanes) is 2. The predicted molar refractivity (Wildman–Crippen MR) is 231 cm³/mol. The van der Waals surface area contributed by atoms with Crippen molar-refractivity contribution in [2.75, 3.05) is 37.8 Å². The van der Waals surface area contributed by atoms with Crippen molar-refractivity contribution in [1.29, 1.82) is 0 Å². The van der Waals surface area contributed by atoms with Gasteiger partial charge in [0.05, 0.1) is 16.7 Å². The topological polar surface area (TPSA) is 182 Å². The summed E-state index contributed by atoms with van der Waals surface area (Å²) in [5.74, 6) is -2.41. The van der Waals surface area contributed by atoms with Crippen LogP contribution in [0.5, 0.6) is 0 Å². The third-order valence-electron chi connectivity index (χ3n) is 12.6. The summed E-state index contributed by atoms with van der Waals surface area (Å²) >= 11 is 0. The van der Waals surface area contributed by atoms with Gasteiger partial charge in [0.1, 0.15) is 11.7 Å². The molecular formula is C47H52N8O7. The maximum atomic E-state index is 13.5. The molecule has 3 aliphatic heterocycles. The second kappa shape index (κ2) is 17.8. The Balaban J connectivity index is 0.762. The Morgan fingerprint density at radius 2 is 1.60 bits per heavy atom. The highest BCUT2D eigenvalue weighted by molar-refractivity contribution is 6.25. The SMILES string of the molecule is CN(C)C(=O)c1ccc(CN2CCn3c(C(=O)NCc4ccc(NC(=O)CCCCCNc5cccc6c5C(=O)N(C5CCC(=O)NC5=O)C6=O)cc4)ccc3C23CCC3)cc1. The first-order valence-corrected chi connectivity index (χ1v) is 21.4. The molecule has 1 saturated carbocycles. The van der Waals surface area contributed by atoms with E-state index in [-0.39, 0.29) is 47.2 Å². The van der Waals surface area contributed by atoms with Crippen LogP contribution >= 0.6 is 0 Å². The highest BCUT2D eigenvalue weighted by atomic mass is 16.2. The number of anilines is 2. The first-order chi connectivity index (χ1) is 29.9. The summed E-state index contributed by atoms with van der Waals surface area (Å²) in [5.41, 5.74) is 6.11.